The third-order valence-electron chi connectivity index (χ3n) is 3.11. The Labute approximate surface area is 122 Å². The SMILES string of the molecule is Nc1ccc(-c2n[nH]c(=O)n2-c2cccc(F)c2F)c(O)c1. The van der Waals surface area contributed by atoms with Crippen LogP contribution in [0.4, 0.5) is 14.5 Å². The smallest absolute Gasteiger partial charge is 0.348 e. The van der Waals surface area contributed by atoms with Gasteiger partial charge in [-0.15, -0.1) is 0 Å². The maximum Gasteiger partial charge on any atom is 0.348 e. The minimum atomic E-state index is -1.19. The van der Waals surface area contributed by atoms with Gasteiger partial charge in [-0.2, -0.15) is 5.10 Å². The van der Waals surface area contributed by atoms with Gasteiger partial charge in [0.15, 0.2) is 17.5 Å². The quantitative estimate of drug-likeness (QED) is 0.629. The largest absolute Gasteiger partial charge is 0.507 e. The summed E-state index contributed by atoms with van der Waals surface area (Å²) in [6.45, 7) is 0. The Morgan fingerprint density at radius 1 is 1.23 bits per heavy atom. The molecule has 4 N–H and O–H groups in total. The summed E-state index contributed by atoms with van der Waals surface area (Å²) in [7, 11) is 0. The molecule has 6 nitrogen and oxygen atoms in total. The highest BCUT2D eigenvalue weighted by Crippen LogP contribution is 2.30. The van der Waals surface area contributed by atoms with Crippen molar-refractivity contribution in [3.05, 3.63) is 58.5 Å². The van der Waals surface area contributed by atoms with Gasteiger partial charge in [-0.3, -0.25) is 0 Å². The number of phenolic OH excluding ortho intramolecular Hbond substituents is 1. The van der Waals surface area contributed by atoms with Gasteiger partial charge in [-0.25, -0.2) is 23.2 Å². The Kier molecular flexibility index (Phi) is 3.13. The van der Waals surface area contributed by atoms with Crippen molar-refractivity contribution in [2.45, 2.75) is 0 Å². The molecule has 0 radical (unpaired) electrons. The van der Waals surface area contributed by atoms with Crippen LogP contribution in [0.3, 0.4) is 0 Å². The van der Waals surface area contributed by atoms with Gasteiger partial charge in [0.2, 0.25) is 0 Å². The molecule has 0 unspecified atom stereocenters. The van der Waals surface area contributed by atoms with Gasteiger partial charge in [0.1, 0.15) is 5.75 Å². The molecule has 22 heavy (non-hydrogen) atoms. The van der Waals surface area contributed by atoms with Gasteiger partial charge >= 0.3 is 5.69 Å². The Balaban J connectivity index is 2.29. The molecule has 2 aromatic carbocycles. The number of phenols is 1. The van der Waals surface area contributed by atoms with Crippen LogP contribution >= 0.6 is 0 Å². The first kappa shape index (κ1) is 13.8. The van der Waals surface area contributed by atoms with E-state index < -0.39 is 17.3 Å². The molecule has 112 valence electrons. The van der Waals surface area contributed by atoms with E-state index in [0.717, 1.165) is 10.6 Å². The van der Waals surface area contributed by atoms with Crippen molar-refractivity contribution in [2.75, 3.05) is 5.73 Å². The maximum atomic E-state index is 13.9. The maximum absolute atomic E-state index is 13.9. The van der Waals surface area contributed by atoms with Crippen LogP contribution in [-0.4, -0.2) is 19.9 Å². The number of nitrogens with one attached hydrogen (secondary N) is 1. The monoisotopic (exact) mass is 304 g/mol. The molecule has 0 amide bonds. The number of rotatable bonds is 2. The molecule has 0 spiro atoms. The van der Waals surface area contributed by atoms with Crippen molar-refractivity contribution in [1.29, 1.82) is 0 Å². The molecule has 3 aromatic rings. The second-order valence-electron chi connectivity index (χ2n) is 4.54. The molecule has 0 saturated carbocycles. The lowest BCUT2D eigenvalue weighted by molar-refractivity contribution is 0.477. The number of aromatic nitrogens is 3. The normalized spacial score (nSPS) is 10.8. The number of hydrogen-bond donors (Lipinski definition) is 3. The zero-order chi connectivity index (χ0) is 15.9. The molecule has 1 heterocycles. The van der Waals surface area contributed by atoms with Gasteiger partial charge in [-0.1, -0.05) is 6.07 Å². The highest BCUT2D eigenvalue weighted by atomic mass is 19.2. The summed E-state index contributed by atoms with van der Waals surface area (Å²) in [4.78, 5) is 11.9. The second kappa shape index (κ2) is 4.99. The third-order valence-corrected chi connectivity index (χ3v) is 3.11. The van der Waals surface area contributed by atoms with Crippen LogP contribution in [0.25, 0.3) is 17.1 Å². The summed E-state index contributed by atoms with van der Waals surface area (Å²) in [5, 5.41) is 15.8. The van der Waals surface area contributed by atoms with Crippen molar-refractivity contribution in [1.82, 2.24) is 14.8 Å². The molecular weight excluding hydrogens is 294 g/mol. The summed E-state index contributed by atoms with van der Waals surface area (Å²) in [5.41, 5.74) is 4.91. The van der Waals surface area contributed by atoms with Crippen LogP contribution in [-0.2, 0) is 0 Å². The minimum Gasteiger partial charge on any atom is -0.507 e. The van der Waals surface area contributed by atoms with Crippen molar-refractivity contribution >= 4 is 5.69 Å². The number of nitrogens with two attached hydrogens (primary N) is 1. The van der Waals surface area contributed by atoms with Gasteiger partial charge < -0.3 is 10.8 Å². The van der Waals surface area contributed by atoms with Gasteiger partial charge in [-0.05, 0) is 24.3 Å². The van der Waals surface area contributed by atoms with E-state index in [2.05, 4.69) is 10.2 Å². The number of halogens is 2. The summed E-state index contributed by atoms with van der Waals surface area (Å²) in [6, 6.07) is 7.60. The molecule has 0 aliphatic carbocycles. The van der Waals surface area contributed by atoms with Gasteiger partial charge in [0.05, 0.1) is 11.3 Å². The predicted octanol–water partition coefficient (Wildman–Crippen LogP) is 1.79. The number of benzene rings is 2. The van der Waals surface area contributed by atoms with E-state index in [0.29, 0.717) is 5.69 Å². The Morgan fingerprint density at radius 3 is 2.73 bits per heavy atom. The average molecular weight is 304 g/mol. The van der Waals surface area contributed by atoms with E-state index in [-0.39, 0.29) is 22.8 Å². The Bertz CT molecular complexity index is 917. The predicted molar refractivity (Wildman–Crippen MR) is 75.6 cm³/mol. The van der Waals surface area contributed by atoms with E-state index in [1.807, 2.05) is 0 Å². The zero-order valence-electron chi connectivity index (χ0n) is 11.0. The fraction of sp³-hybridized carbons (Fsp3) is 0. The van der Waals surface area contributed by atoms with Crippen molar-refractivity contribution in [3.63, 3.8) is 0 Å². The Hall–Kier alpha value is -3.16. The lowest BCUT2D eigenvalue weighted by atomic mass is 10.1. The molecule has 0 atom stereocenters. The molecular formula is C14H10F2N4O2. The second-order valence-corrected chi connectivity index (χ2v) is 4.54. The van der Waals surface area contributed by atoms with Crippen LogP contribution < -0.4 is 11.4 Å². The summed E-state index contributed by atoms with van der Waals surface area (Å²) in [6.07, 6.45) is 0. The van der Waals surface area contributed by atoms with Crippen LogP contribution in [0, 0.1) is 11.6 Å². The molecule has 0 bridgehead atoms. The lowest BCUT2D eigenvalue weighted by Gasteiger charge is -2.09. The number of aromatic amines is 1. The highest BCUT2D eigenvalue weighted by Gasteiger charge is 2.19. The topological polar surface area (TPSA) is 96.9 Å². The van der Waals surface area contributed by atoms with Gasteiger partial charge in [0.25, 0.3) is 0 Å². The Morgan fingerprint density at radius 2 is 2.00 bits per heavy atom. The third kappa shape index (κ3) is 2.10. The van der Waals surface area contributed by atoms with Crippen molar-refractivity contribution in [2.24, 2.45) is 0 Å². The molecule has 0 saturated heterocycles. The molecule has 1 aromatic heterocycles. The first-order valence-corrected chi connectivity index (χ1v) is 6.19. The molecule has 3 rings (SSSR count). The first-order chi connectivity index (χ1) is 10.5. The van der Waals surface area contributed by atoms with E-state index in [9.17, 15) is 18.7 Å². The number of H-pyrrole nitrogens is 1. The summed E-state index contributed by atoms with van der Waals surface area (Å²) >= 11 is 0. The van der Waals surface area contributed by atoms with Crippen molar-refractivity contribution < 1.29 is 13.9 Å². The first-order valence-electron chi connectivity index (χ1n) is 6.19. The fourth-order valence-electron chi connectivity index (χ4n) is 2.10. The van der Waals surface area contributed by atoms with E-state index in [1.165, 1.54) is 30.3 Å². The van der Waals surface area contributed by atoms with E-state index in [1.54, 1.807) is 0 Å². The zero-order valence-corrected chi connectivity index (χ0v) is 11.0. The highest BCUT2D eigenvalue weighted by molar-refractivity contribution is 5.68. The summed E-state index contributed by atoms with van der Waals surface area (Å²) < 4.78 is 28.2. The molecule has 0 aliphatic rings. The van der Waals surface area contributed by atoms with Crippen LogP contribution in [0.2, 0.25) is 0 Å². The number of anilines is 1. The number of aromatic hydroxyl groups is 1. The van der Waals surface area contributed by atoms with Crippen LogP contribution in [0.1, 0.15) is 0 Å². The number of nitrogen functional groups attached to an aromatic ring is 1. The average Bonchev–Trinajstić information content (AvgIpc) is 2.84. The molecule has 8 heteroatoms. The molecule has 0 aliphatic heterocycles. The number of hydrogen-bond acceptors (Lipinski definition) is 4. The standard InChI is InChI=1S/C14H10F2N4O2/c15-9-2-1-3-10(12(9)16)20-13(18-19-14(20)22)8-5-4-7(17)6-11(8)21/h1-6,21H,17H2,(H,19,22). The van der Waals surface area contributed by atoms with Gasteiger partial charge in [0, 0.05) is 11.8 Å². The fourth-order valence-corrected chi connectivity index (χ4v) is 2.10. The van der Waals surface area contributed by atoms with E-state index >= 15 is 0 Å². The number of nitrogens with zero attached hydrogens (tertiary/aromatic N) is 2. The van der Waals surface area contributed by atoms with E-state index in [4.69, 9.17) is 5.73 Å². The van der Waals surface area contributed by atoms with Crippen LogP contribution in [0.5, 0.6) is 5.75 Å². The minimum absolute atomic E-state index is 0.0630. The molecule has 0 fully saturated rings. The van der Waals surface area contributed by atoms with Crippen molar-refractivity contribution in [3.8, 4) is 22.8 Å². The summed E-state index contributed by atoms with van der Waals surface area (Å²) in [5.74, 6) is -2.59. The lowest BCUT2D eigenvalue weighted by Crippen LogP contribution is -2.17. The van der Waals surface area contributed by atoms with Crippen LogP contribution in [0.15, 0.2) is 41.2 Å².